The number of rotatable bonds is 2. The minimum absolute atomic E-state index is 0.0340. The predicted molar refractivity (Wildman–Crippen MR) is 55.6 cm³/mol. The van der Waals surface area contributed by atoms with Crippen LogP contribution in [0.5, 0.6) is 0 Å². The van der Waals surface area contributed by atoms with E-state index in [1.807, 2.05) is 0 Å². The first kappa shape index (κ1) is 10.1. The Morgan fingerprint density at radius 1 is 1.56 bits per heavy atom. The van der Waals surface area contributed by atoms with Crippen LogP contribution in [-0.4, -0.2) is 21.0 Å². The molecule has 0 saturated heterocycles. The number of hydrogen-bond donors (Lipinski definition) is 2. The van der Waals surface area contributed by atoms with Gasteiger partial charge in [0.2, 0.25) is 0 Å². The van der Waals surface area contributed by atoms with E-state index in [1.54, 1.807) is 13.0 Å². The molecule has 0 aromatic carbocycles. The molecule has 0 atom stereocenters. The van der Waals surface area contributed by atoms with E-state index in [0.717, 1.165) is 0 Å². The van der Waals surface area contributed by atoms with Gasteiger partial charge in [0.25, 0.3) is 5.91 Å². The molecule has 0 bridgehead atoms. The van der Waals surface area contributed by atoms with Crippen molar-refractivity contribution in [3.63, 3.8) is 0 Å². The Labute approximate surface area is 90.7 Å². The zero-order valence-corrected chi connectivity index (χ0v) is 8.47. The second kappa shape index (κ2) is 3.97. The maximum Gasteiger partial charge on any atom is 0.328 e. The fraction of sp³-hybridized carbons (Fsp3) is 0.111. The molecular formula is C9H9N5O2. The summed E-state index contributed by atoms with van der Waals surface area (Å²) in [5.41, 5.74) is 6.17. The quantitative estimate of drug-likeness (QED) is 0.766. The number of carbonyl (C=O) groups is 1. The number of carbonyl (C=O) groups excluding carboxylic acids is 1. The average molecular weight is 219 g/mol. The van der Waals surface area contributed by atoms with Crippen LogP contribution in [-0.2, 0) is 0 Å². The van der Waals surface area contributed by atoms with Gasteiger partial charge in [0.1, 0.15) is 5.69 Å². The van der Waals surface area contributed by atoms with Crippen LogP contribution >= 0.6 is 0 Å². The number of aryl methyl sites for hydroxylation is 1. The number of hydrogen-bond acceptors (Lipinski definition) is 6. The Balaban J connectivity index is 2.14. The SMILES string of the molecule is Cc1noc(NC(=O)c2cc(N)ccn2)n1. The lowest BCUT2D eigenvalue weighted by Gasteiger charge is -1.99. The van der Waals surface area contributed by atoms with Gasteiger partial charge in [-0.05, 0) is 19.1 Å². The Kier molecular flexibility index (Phi) is 2.50. The van der Waals surface area contributed by atoms with Crippen molar-refractivity contribution < 1.29 is 9.32 Å². The first-order valence-corrected chi connectivity index (χ1v) is 4.48. The topological polar surface area (TPSA) is 107 Å². The molecule has 0 aliphatic heterocycles. The molecule has 0 aliphatic rings. The maximum absolute atomic E-state index is 11.6. The molecule has 0 spiro atoms. The Morgan fingerprint density at radius 2 is 2.38 bits per heavy atom. The third-order valence-corrected chi connectivity index (χ3v) is 1.76. The van der Waals surface area contributed by atoms with E-state index >= 15 is 0 Å². The molecule has 16 heavy (non-hydrogen) atoms. The fourth-order valence-electron chi connectivity index (χ4n) is 1.08. The van der Waals surface area contributed by atoms with Crippen molar-refractivity contribution in [2.45, 2.75) is 6.92 Å². The van der Waals surface area contributed by atoms with Crippen LogP contribution < -0.4 is 11.1 Å². The van der Waals surface area contributed by atoms with Gasteiger partial charge in [0.05, 0.1) is 0 Å². The summed E-state index contributed by atoms with van der Waals surface area (Å²) in [6.45, 7) is 1.65. The van der Waals surface area contributed by atoms with Crippen molar-refractivity contribution >= 4 is 17.6 Å². The number of nitrogens with one attached hydrogen (secondary N) is 1. The molecular weight excluding hydrogens is 210 g/mol. The molecule has 0 saturated carbocycles. The van der Waals surface area contributed by atoms with Gasteiger partial charge in [-0.1, -0.05) is 5.16 Å². The summed E-state index contributed by atoms with van der Waals surface area (Å²) in [5.74, 6) is -0.00761. The van der Waals surface area contributed by atoms with Crippen molar-refractivity contribution in [1.82, 2.24) is 15.1 Å². The number of nitrogens with zero attached hydrogens (tertiary/aromatic N) is 3. The van der Waals surface area contributed by atoms with Gasteiger partial charge < -0.3 is 10.3 Å². The van der Waals surface area contributed by atoms with Crippen LogP contribution in [0.25, 0.3) is 0 Å². The first-order valence-electron chi connectivity index (χ1n) is 4.48. The average Bonchev–Trinajstić information content (AvgIpc) is 2.64. The predicted octanol–water partition coefficient (Wildman–Crippen LogP) is 0.608. The van der Waals surface area contributed by atoms with Gasteiger partial charge in [0.15, 0.2) is 5.82 Å². The summed E-state index contributed by atoms with van der Waals surface area (Å²) in [7, 11) is 0. The van der Waals surface area contributed by atoms with Crippen molar-refractivity contribution in [2.24, 2.45) is 0 Å². The lowest BCUT2D eigenvalue weighted by atomic mass is 10.3. The maximum atomic E-state index is 11.6. The van der Waals surface area contributed by atoms with Gasteiger partial charge in [-0.15, -0.1) is 0 Å². The van der Waals surface area contributed by atoms with E-state index in [4.69, 9.17) is 10.3 Å². The Morgan fingerprint density at radius 3 is 3.00 bits per heavy atom. The van der Waals surface area contributed by atoms with E-state index in [9.17, 15) is 4.79 Å². The van der Waals surface area contributed by atoms with Gasteiger partial charge >= 0.3 is 6.01 Å². The highest BCUT2D eigenvalue weighted by molar-refractivity contribution is 6.02. The third-order valence-electron chi connectivity index (χ3n) is 1.76. The minimum atomic E-state index is -0.448. The molecule has 82 valence electrons. The van der Waals surface area contributed by atoms with Crippen LogP contribution in [0.15, 0.2) is 22.9 Å². The van der Waals surface area contributed by atoms with Gasteiger partial charge in [0, 0.05) is 11.9 Å². The normalized spacial score (nSPS) is 10.1. The number of pyridine rings is 1. The highest BCUT2D eigenvalue weighted by atomic mass is 16.5. The molecule has 2 aromatic rings. The van der Waals surface area contributed by atoms with Crippen LogP contribution in [0.1, 0.15) is 16.3 Å². The van der Waals surface area contributed by atoms with Crippen molar-refractivity contribution in [3.05, 3.63) is 29.8 Å². The first-order chi connectivity index (χ1) is 7.65. The second-order valence-corrected chi connectivity index (χ2v) is 3.08. The van der Waals surface area contributed by atoms with Gasteiger partial charge in [-0.2, -0.15) is 4.98 Å². The summed E-state index contributed by atoms with van der Waals surface area (Å²) in [6.07, 6.45) is 1.45. The number of nitrogen functional groups attached to an aromatic ring is 1. The lowest BCUT2D eigenvalue weighted by molar-refractivity contribution is 0.101. The molecule has 0 fully saturated rings. The van der Waals surface area contributed by atoms with Crippen LogP contribution in [0.4, 0.5) is 11.7 Å². The van der Waals surface area contributed by atoms with Gasteiger partial charge in [-0.25, -0.2) is 0 Å². The Hall–Kier alpha value is -2.44. The van der Waals surface area contributed by atoms with Crippen molar-refractivity contribution in [3.8, 4) is 0 Å². The lowest BCUT2D eigenvalue weighted by Crippen LogP contribution is -2.14. The van der Waals surface area contributed by atoms with Crippen LogP contribution in [0, 0.1) is 6.92 Å². The monoisotopic (exact) mass is 219 g/mol. The summed E-state index contributed by atoms with van der Waals surface area (Å²) < 4.78 is 4.73. The molecule has 7 nitrogen and oxygen atoms in total. The highest BCUT2D eigenvalue weighted by Gasteiger charge is 2.11. The zero-order valence-electron chi connectivity index (χ0n) is 8.47. The molecule has 0 unspecified atom stereocenters. The van der Waals surface area contributed by atoms with Crippen LogP contribution in [0.3, 0.4) is 0 Å². The summed E-state index contributed by atoms with van der Waals surface area (Å²) in [5, 5.41) is 5.94. The summed E-state index contributed by atoms with van der Waals surface area (Å²) in [6, 6.07) is 3.08. The second-order valence-electron chi connectivity index (χ2n) is 3.08. The molecule has 7 heteroatoms. The molecule has 3 N–H and O–H groups in total. The standard InChI is InChI=1S/C9H9N5O2/c1-5-12-9(16-14-5)13-8(15)7-4-6(10)2-3-11-7/h2-4H,1H3,(H2,10,11)(H,12,13,14,15). The zero-order chi connectivity index (χ0) is 11.5. The van der Waals surface area contributed by atoms with E-state index in [2.05, 4.69) is 20.4 Å². The third kappa shape index (κ3) is 2.14. The smallest absolute Gasteiger partial charge is 0.328 e. The molecule has 0 radical (unpaired) electrons. The van der Waals surface area contributed by atoms with E-state index in [-0.39, 0.29) is 11.7 Å². The van der Waals surface area contributed by atoms with Crippen LogP contribution in [0.2, 0.25) is 0 Å². The van der Waals surface area contributed by atoms with E-state index in [1.165, 1.54) is 12.3 Å². The molecule has 2 heterocycles. The minimum Gasteiger partial charge on any atom is -0.399 e. The number of anilines is 2. The van der Waals surface area contributed by atoms with Crippen molar-refractivity contribution in [1.29, 1.82) is 0 Å². The van der Waals surface area contributed by atoms with Crippen molar-refractivity contribution in [2.75, 3.05) is 11.1 Å². The Bertz CT molecular complexity index is 522. The number of aromatic nitrogens is 3. The fourth-order valence-corrected chi connectivity index (χ4v) is 1.08. The summed E-state index contributed by atoms with van der Waals surface area (Å²) >= 11 is 0. The molecule has 0 aliphatic carbocycles. The van der Waals surface area contributed by atoms with E-state index in [0.29, 0.717) is 11.5 Å². The van der Waals surface area contributed by atoms with Gasteiger partial charge in [-0.3, -0.25) is 15.1 Å². The summed E-state index contributed by atoms with van der Waals surface area (Å²) in [4.78, 5) is 19.3. The largest absolute Gasteiger partial charge is 0.399 e. The highest BCUT2D eigenvalue weighted by Crippen LogP contribution is 2.07. The molecule has 2 rings (SSSR count). The van der Waals surface area contributed by atoms with E-state index < -0.39 is 5.91 Å². The molecule has 2 aromatic heterocycles. The number of amides is 1. The number of nitrogens with two attached hydrogens (primary N) is 1. The molecule has 1 amide bonds.